The summed E-state index contributed by atoms with van der Waals surface area (Å²) in [4.78, 5) is 12.2. The Labute approximate surface area is 198 Å². The summed E-state index contributed by atoms with van der Waals surface area (Å²) >= 11 is 0. The second-order valence-electron chi connectivity index (χ2n) is 9.96. The molecule has 3 aromatic heterocycles. The Morgan fingerprint density at radius 3 is 2.85 bits per heavy atom. The average Bonchev–Trinajstić information content (AvgIpc) is 3.58. The molecule has 4 aromatic rings. The van der Waals surface area contributed by atoms with Crippen LogP contribution in [0.25, 0.3) is 16.8 Å². The van der Waals surface area contributed by atoms with Gasteiger partial charge in [-0.25, -0.2) is 9.50 Å². The van der Waals surface area contributed by atoms with Gasteiger partial charge in [-0.2, -0.15) is 5.10 Å². The Morgan fingerprint density at radius 2 is 2.00 bits per heavy atom. The molecule has 172 valence electrons. The summed E-state index contributed by atoms with van der Waals surface area (Å²) in [5, 5.41) is 4.71. The summed E-state index contributed by atoms with van der Waals surface area (Å²) in [5.74, 6) is 2.01. The monoisotopic (exact) mass is 452 g/mol. The highest BCUT2D eigenvalue weighted by atomic mass is 16.5. The van der Waals surface area contributed by atoms with Gasteiger partial charge in [-0.1, -0.05) is 6.07 Å². The molecule has 0 bridgehead atoms. The van der Waals surface area contributed by atoms with Crippen molar-refractivity contribution in [1.29, 1.82) is 0 Å². The molecule has 34 heavy (non-hydrogen) atoms. The van der Waals surface area contributed by atoms with Crippen LogP contribution < -0.4 is 15.4 Å². The SMILES string of the molecule is Cc1nc(N2CCC3(CC2)Cc2ncccc2C3N)c2ccnn2c1-c1ccc2c(c1)CCO2. The predicted octanol–water partition coefficient (Wildman–Crippen LogP) is 3.88. The largest absolute Gasteiger partial charge is 0.493 e. The fourth-order valence-electron chi connectivity index (χ4n) is 6.28. The Hall–Kier alpha value is -3.45. The zero-order valence-corrected chi connectivity index (χ0v) is 19.4. The van der Waals surface area contributed by atoms with Gasteiger partial charge in [0.2, 0.25) is 0 Å². The highest BCUT2D eigenvalue weighted by molar-refractivity contribution is 5.76. The Morgan fingerprint density at radius 1 is 1.12 bits per heavy atom. The van der Waals surface area contributed by atoms with Crippen LogP contribution in [0, 0.1) is 12.3 Å². The van der Waals surface area contributed by atoms with Crippen molar-refractivity contribution in [3.05, 3.63) is 71.3 Å². The molecule has 2 N–H and O–H groups in total. The number of hydrogen-bond donors (Lipinski definition) is 1. The minimum atomic E-state index is 0.0641. The molecule has 0 amide bonds. The molecule has 7 rings (SSSR count). The molecular weight excluding hydrogens is 424 g/mol. The van der Waals surface area contributed by atoms with Crippen molar-refractivity contribution in [1.82, 2.24) is 19.6 Å². The topological polar surface area (TPSA) is 81.6 Å². The van der Waals surface area contributed by atoms with Crippen LogP contribution in [-0.4, -0.2) is 39.3 Å². The molecule has 1 spiro atoms. The lowest BCUT2D eigenvalue weighted by Gasteiger charge is -2.42. The highest BCUT2D eigenvalue weighted by Crippen LogP contribution is 2.50. The van der Waals surface area contributed by atoms with Crippen molar-refractivity contribution in [2.24, 2.45) is 11.1 Å². The van der Waals surface area contributed by atoms with Gasteiger partial charge in [0, 0.05) is 43.0 Å². The highest BCUT2D eigenvalue weighted by Gasteiger charge is 2.46. The van der Waals surface area contributed by atoms with Gasteiger partial charge in [0.1, 0.15) is 11.3 Å². The van der Waals surface area contributed by atoms with E-state index in [-0.39, 0.29) is 11.5 Å². The number of rotatable bonds is 2. The number of fused-ring (bicyclic) bond motifs is 3. The molecule has 1 aromatic carbocycles. The van der Waals surface area contributed by atoms with E-state index in [2.05, 4.69) is 51.7 Å². The number of piperidine rings is 1. The molecule has 7 heteroatoms. The molecule has 3 aliphatic rings. The van der Waals surface area contributed by atoms with E-state index in [1.54, 1.807) is 0 Å². The molecule has 1 aliphatic carbocycles. The van der Waals surface area contributed by atoms with E-state index in [0.717, 1.165) is 79.4 Å². The summed E-state index contributed by atoms with van der Waals surface area (Å²) in [7, 11) is 0. The number of aromatic nitrogens is 4. The van der Waals surface area contributed by atoms with E-state index < -0.39 is 0 Å². The quantitative estimate of drug-likeness (QED) is 0.497. The predicted molar refractivity (Wildman–Crippen MR) is 131 cm³/mol. The normalized spacial score (nSPS) is 20.5. The summed E-state index contributed by atoms with van der Waals surface area (Å²) < 4.78 is 7.76. The van der Waals surface area contributed by atoms with Crippen molar-refractivity contribution in [3.8, 4) is 17.0 Å². The maximum absolute atomic E-state index is 6.76. The van der Waals surface area contributed by atoms with Crippen molar-refractivity contribution in [2.75, 3.05) is 24.6 Å². The van der Waals surface area contributed by atoms with E-state index >= 15 is 0 Å². The number of ether oxygens (including phenoxy) is 1. The standard InChI is InChI=1S/C27H28N6O/c1-17-24(19-4-5-23-18(15-19)7-14-34-23)33-22(6-11-30-33)26(31-17)32-12-8-27(9-13-32)16-21-20(25(27)28)3-2-10-29-21/h2-6,10-11,15,25H,7-9,12-14,16,28H2,1H3. The zero-order valence-electron chi connectivity index (χ0n) is 19.4. The van der Waals surface area contributed by atoms with Gasteiger partial charge in [0.05, 0.1) is 24.2 Å². The number of nitrogens with two attached hydrogens (primary N) is 1. The number of pyridine rings is 1. The van der Waals surface area contributed by atoms with E-state index in [0.29, 0.717) is 0 Å². The lowest BCUT2D eigenvalue weighted by molar-refractivity contribution is 0.187. The van der Waals surface area contributed by atoms with E-state index in [1.807, 2.05) is 18.5 Å². The number of hydrogen-bond acceptors (Lipinski definition) is 6. The van der Waals surface area contributed by atoms with Crippen molar-refractivity contribution in [3.63, 3.8) is 0 Å². The smallest absolute Gasteiger partial charge is 0.155 e. The maximum atomic E-state index is 6.76. The summed E-state index contributed by atoms with van der Waals surface area (Å²) in [6.07, 6.45) is 7.77. The average molecular weight is 453 g/mol. The molecule has 1 saturated heterocycles. The van der Waals surface area contributed by atoms with Crippen LogP contribution in [0.15, 0.2) is 48.8 Å². The fraction of sp³-hybridized carbons (Fsp3) is 0.370. The second kappa shape index (κ2) is 7.27. The van der Waals surface area contributed by atoms with Gasteiger partial charge in [0.15, 0.2) is 5.82 Å². The van der Waals surface area contributed by atoms with Crippen molar-refractivity contribution in [2.45, 2.75) is 38.6 Å². The molecule has 5 heterocycles. The summed E-state index contributed by atoms with van der Waals surface area (Å²) in [6.45, 7) is 4.71. The lowest BCUT2D eigenvalue weighted by atomic mass is 9.73. The molecule has 0 saturated carbocycles. The number of aryl methyl sites for hydroxylation is 1. The first-order valence-corrected chi connectivity index (χ1v) is 12.2. The molecule has 0 radical (unpaired) electrons. The first-order chi connectivity index (χ1) is 16.6. The second-order valence-corrected chi connectivity index (χ2v) is 9.96. The van der Waals surface area contributed by atoms with Gasteiger partial charge < -0.3 is 15.4 Å². The van der Waals surface area contributed by atoms with E-state index in [1.165, 1.54) is 16.8 Å². The first-order valence-electron chi connectivity index (χ1n) is 12.2. The third-order valence-electron chi connectivity index (χ3n) is 8.16. The van der Waals surface area contributed by atoms with Crippen molar-refractivity contribution < 1.29 is 4.74 Å². The molecule has 7 nitrogen and oxygen atoms in total. The van der Waals surface area contributed by atoms with Gasteiger partial charge in [-0.15, -0.1) is 0 Å². The third-order valence-corrected chi connectivity index (χ3v) is 8.16. The molecule has 1 fully saturated rings. The van der Waals surface area contributed by atoms with Crippen LogP contribution in [0.3, 0.4) is 0 Å². The number of nitrogens with zero attached hydrogens (tertiary/aromatic N) is 5. The molecule has 1 unspecified atom stereocenters. The van der Waals surface area contributed by atoms with Gasteiger partial charge in [0.25, 0.3) is 0 Å². The lowest BCUT2D eigenvalue weighted by Crippen LogP contribution is -2.44. The van der Waals surface area contributed by atoms with Gasteiger partial charge in [-0.05, 0) is 73.1 Å². The Kier molecular flexibility index (Phi) is 4.27. The van der Waals surface area contributed by atoms with Crippen LogP contribution in [0.2, 0.25) is 0 Å². The zero-order chi connectivity index (χ0) is 22.9. The van der Waals surface area contributed by atoms with E-state index in [9.17, 15) is 0 Å². The van der Waals surface area contributed by atoms with Crippen LogP contribution >= 0.6 is 0 Å². The van der Waals surface area contributed by atoms with Crippen LogP contribution in [0.1, 0.15) is 41.4 Å². The maximum Gasteiger partial charge on any atom is 0.155 e. The van der Waals surface area contributed by atoms with Crippen LogP contribution in [-0.2, 0) is 12.8 Å². The minimum absolute atomic E-state index is 0.0641. The van der Waals surface area contributed by atoms with Gasteiger partial charge in [-0.3, -0.25) is 4.98 Å². The third kappa shape index (κ3) is 2.83. The fourth-order valence-corrected chi connectivity index (χ4v) is 6.28. The first kappa shape index (κ1) is 20.0. The van der Waals surface area contributed by atoms with Crippen molar-refractivity contribution >= 4 is 11.3 Å². The molecular formula is C27H28N6O. The Balaban J connectivity index is 1.21. The van der Waals surface area contributed by atoms with Gasteiger partial charge >= 0.3 is 0 Å². The molecule has 2 aliphatic heterocycles. The summed E-state index contributed by atoms with van der Waals surface area (Å²) in [6, 6.07) is 12.7. The molecule has 1 atom stereocenters. The Bertz CT molecular complexity index is 1420. The number of benzene rings is 1. The van der Waals surface area contributed by atoms with E-state index in [4.69, 9.17) is 20.6 Å². The summed E-state index contributed by atoms with van der Waals surface area (Å²) in [5.41, 5.74) is 14.7. The van der Waals surface area contributed by atoms with Crippen LogP contribution in [0.5, 0.6) is 5.75 Å². The van der Waals surface area contributed by atoms with Crippen LogP contribution in [0.4, 0.5) is 5.82 Å². The number of anilines is 1. The minimum Gasteiger partial charge on any atom is -0.493 e.